The van der Waals surface area contributed by atoms with Crippen LogP contribution in [-0.2, 0) is 4.79 Å². The SMILES string of the molecule is NCC1CCN(CC(=O)Nc2c(F)cccc2F)C1. The van der Waals surface area contributed by atoms with Gasteiger partial charge in [-0.25, -0.2) is 8.78 Å². The number of hydrogen-bond acceptors (Lipinski definition) is 3. The molecule has 0 aliphatic carbocycles. The molecule has 1 aliphatic rings. The van der Waals surface area contributed by atoms with E-state index in [9.17, 15) is 13.6 Å². The van der Waals surface area contributed by atoms with Gasteiger partial charge in [0.25, 0.3) is 0 Å². The lowest BCUT2D eigenvalue weighted by atomic mass is 10.1. The number of para-hydroxylation sites is 1. The maximum Gasteiger partial charge on any atom is 0.238 e. The fourth-order valence-electron chi connectivity index (χ4n) is 2.25. The van der Waals surface area contributed by atoms with Crippen molar-refractivity contribution >= 4 is 11.6 Å². The second kappa shape index (κ2) is 6.08. The maximum absolute atomic E-state index is 13.4. The van der Waals surface area contributed by atoms with Crippen molar-refractivity contribution in [2.45, 2.75) is 6.42 Å². The van der Waals surface area contributed by atoms with Crippen LogP contribution < -0.4 is 11.1 Å². The van der Waals surface area contributed by atoms with E-state index in [-0.39, 0.29) is 12.2 Å². The zero-order valence-corrected chi connectivity index (χ0v) is 10.5. The summed E-state index contributed by atoms with van der Waals surface area (Å²) in [6.07, 6.45) is 0.956. The van der Waals surface area contributed by atoms with E-state index >= 15 is 0 Å². The molecule has 0 saturated carbocycles. The van der Waals surface area contributed by atoms with Crippen LogP contribution >= 0.6 is 0 Å². The molecular formula is C13H17F2N3O. The summed E-state index contributed by atoms with van der Waals surface area (Å²) in [5.41, 5.74) is 5.18. The number of likely N-dealkylation sites (tertiary alicyclic amines) is 1. The molecule has 1 aromatic carbocycles. The first kappa shape index (κ1) is 13.9. The smallest absolute Gasteiger partial charge is 0.238 e. The molecule has 1 fully saturated rings. The number of anilines is 1. The summed E-state index contributed by atoms with van der Waals surface area (Å²) in [7, 11) is 0. The minimum absolute atomic E-state index is 0.129. The molecule has 1 saturated heterocycles. The maximum atomic E-state index is 13.4. The number of nitrogens with two attached hydrogens (primary N) is 1. The van der Waals surface area contributed by atoms with Crippen LogP contribution in [0.3, 0.4) is 0 Å². The number of benzene rings is 1. The molecule has 1 aromatic rings. The summed E-state index contributed by atoms with van der Waals surface area (Å²) in [5.74, 6) is -1.55. The first-order chi connectivity index (χ1) is 9.10. The van der Waals surface area contributed by atoms with Crippen molar-refractivity contribution in [1.29, 1.82) is 0 Å². The molecule has 0 radical (unpaired) electrons. The Balaban J connectivity index is 1.91. The molecule has 6 heteroatoms. The van der Waals surface area contributed by atoms with E-state index in [4.69, 9.17) is 5.73 Å². The van der Waals surface area contributed by atoms with Crippen LogP contribution in [-0.4, -0.2) is 37.0 Å². The molecule has 1 unspecified atom stereocenters. The highest BCUT2D eigenvalue weighted by molar-refractivity contribution is 5.92. The highest BCUT2D eigenvalue weighted by atomic mass is 19.1. The summed E-state index contributed by atoms with van der Waals surface area (Å²) in [6.45, 7) is 2.27. The number of carbonyl (C=O) groups excluding carboxylic acids is 1. The van der Waals surface area contributed by atoms with Gasteiger partial charge >= 0.3 is 0 Å². The van der Waals surface area contributed by atoms with Gasteiger partial charge in [-0.1, -0.05) is 6.07 Å². The van der Waals surface area contributed by atoms with Gasteiger partial charge in [-0.05, 0) is 37.6 Å². The van der Waals surface area contributed by atoms with E-state index in [1.165, 1.54) is 6.07 Å². The third-order valence-electron chi connectivity index (χ3n) is 3.30. The van der Waals surface area contributed by atoms with E-state index in [1.54, 1.807) is 0 Å². The van der Waals surface area contributed by atoms with Gasteiger partial charge in [0.05, 0.1) is 6.54 Å². The monoisotopic (exact) mass is 269 g/mol. The standard InChI is InChI=1S/C13H17F2N3O/c14-10-2-1-3-11(15)13(10)17-12(19)8-18-5-4-9(6-16)7-18/h1-3,9H,4-8,16H2,(H,17,19). The second-order valence-electron chi connectivity index (χ2n) is 4.77. The third-order valence-corrected chi connectivity index (χ3v) is 3.30. The average Bonchev–Trinajstić information content (AvgIpc) is 2.81. The van der Waals surface area contributed by atoms with Crippen LogP contribution in [0, 0.1) is 17.6 Å². The number of carbonyl (C=O) groups is 1. The van der Waals surface area contributed by atoms with E-state index in [1.807, 2.05) is 4.90 Å². The molecule has 1 atom stereocenters. The van der Waals surface area contributed by atoms with Gasteiger partial charge in [0.2, 0.25) is 5.91 Å². The molecule has 2 rings (SSSR count). The lowest BCUT2D eigenvalue weighted by Gasteiger charge is -2.15. The molecule has 0 aromatic heterocycles. The van der Waals surface area contributed by atoms with Gasteiger partial charge < -0.3 is 11.1 Å². The van der Waals surface area contributed by atoms with Crippen molar-refractivity contribution in [3.05, 3.63) is 29.8 Å². The van der Waals surface area contributed by atoms with Gasteiger partial charge in [-0.15, -0.1) is 0 Å². The van der Waals surface area contributed by atoms with Crippen LogP contribution in [0.4, 0.5) is 14.5 Å². The summed E-state index contributed by atoms with van der Waals surface area (Å²) in [6, 6.07) is 3.48. The van der Waals surface area contributed by atoms with E-state index < -0.39 is 17.5 Å². The Morgan fingerprint density at radius 1 is 1.42 bits per heavy atom. The lowest BCUT2D eigenvalue weighted by molar-refractivity contribution is -0.117. The number of hydrogen-bond donors (Lipinski definition) is 2. The Hall–Kier alpha value is -1.53. The van der Waals surface area contributed by atoms with Crippen LogP contribution in [0.1, 0.15) is 6.42 Å². The Morgan fingerprint density at radius 2 is 2.11 bits per heavy atom. The summed E-state index contributed by atoms with van der Waals surface area (Å²) >= 11 is 0. The Morgan fingerprint density at radius 3 is 2.68 bits per heavy atom. The molecule has 1 aliphatic heterocycles. The zero-order chi connectivity index (χ0) is 13.8. The molecule has 0 spiro atoms. The van der Waals surface area contributed by atoms with Gasteiger partial charge in [0, 0.05) is 6.54 Å². The fourth-order valence-corrected chi connectivity index (χ4v) is 2.25. The normalized spacial score (nSPS) is 19.6. The first-order valence-electron chi connectivity index (χ1n) is 6.26. The second-order valence-corrected chi connectivity index (χ2v) is 4.77. The van der Waals surface area contributed by atoms with Crippen LogP contribution in [0.25, 0.3) is 0 Å². The number of nitrogens with one attached hydrogen (secondary N) is 1. The molecule has 104 valence electrons. The summed E-state index contributed by atoms with van der Waals surface area (Å²) in [4.78, 5) is 13.7. The summed E-state index contributed by atoms with van der Waals surface area (Å²) < 4.78 is 26.7. The van der Waals surface area contributed by atoms with Gasteiger partial charge in [0.15, 0.2) is 0 Å². The molecule has 0 bridgehead atoms. The third kappa shape index (κ3) is 3.48. The average molecular weight is 269 g/mol. The largest absolute Gasteiger partial charge is 0.330 e. The summed E-state index contributed by atoms with van der Waals surface area (Å²) in [5, 5.41) is 2.28. The van der Waals surface area contributed by atoms with Crippen molar-refractivity contribution in [1.82, 2.24) is 4.90 Å². The lowest BCUT2D eigenvalue weighted by Crippen LogP contribution is -2.32. The Labute approximate surface area is 110 Å². The van der Waals surface area contributed by atoms with Crippen molar-refractivity contribution in [3.8, 4) is 0 Å². The van der Waals surface area contributed by atoms with Gasteiger partial charge in [-0.2, -0.15) is 0 Å². The number of amides is 1. The first-order valence-corrected chi connectivity index (χ1v) is 6.26. The predicted octanol–water partition coefficient (Wildman–Crippen LogP) is 1.18. The predicted molar refractivity (Wildman–Crippen MR) is 68.6 cm³/mol. The van der Waals surface area contributed by atoms with Crippen molar-refractivity contribution in [2.75, 3.05) is 31.5 Å². The minimum atomic E-state index is -0.769. The molecule has 1 heterocycles. The molecule has 4 nitrogen and oxygen atoms in total. The Kier molecular flexibility index (Phi) is 4.44. The zero-order valence-electron chi connectivity index (χ0n) is 10.5. The molecular weight excluding hydrogens is 252 g/mol. The number of rotatable bonds is 4. The number of halogens is 2. The number of nitrogens with zero attached hydrogens (tertiary/aromatic N) is 1. The molecule has 19 heavy (non-hydrogen) atoms. The van der Waals surface area contributed by atoms with Crippen molar-refractivity contribution in [2.24, 2.45) is 11.7 Å². The molecule has 1 amide bonds. The van der Waals surface area contributed by atoms with Crippen LogP contribution in [0.2, 0.25) is 0 Å². The van der Waals surface area contributed by atoms with Crippen LogP contribution in [0.5, 0.6) is 0 Å². The van der Waals surface area contributed by atoms with Gasteiger partial charge in [-0.3, -0.25) is 9.69 Å². The highest BCUT2D eigenvalue weighted by Crippen LogP contribution is 2.19. The minimum Gasteiger partial charge on any atom is -0.330 e. The fraction of sp³-hybridized carbons (Fsp3) is 0.462. The van der Waals surface area contributed by atoms with Gasteiger partial charge in [0.1, 0.15) is 17.3 Å². The van der Waals surface area contributed by atoms with Crippen LogP contribution in [0.15, 0.2) is 18.2 Å². The topological polar surface area (TPSA) is 58.4 Å². The van der Waals surface area contributed by atoms with E-state index in [2.05, 4.69) is 5.32 Å². The van der Waals surface area contributed by atoms with Crippen molar-refractivity contribution in [3.63, 3.8) is 0 Å². The van der Waals surface area contributed by atoms with E-state index in [0.29, 0.717) is 12.5 Å². The Bertz CT molecular complexity index is 447. The quantitative estimate of drug-likeness (QED) is 0.863. The van der Waals surface area contributed by atoms with Crippen molar-refractivity contribution < 1.29 is 13.6 Å². The molecule has 3 N–H and O–H groups in total. The van der Waals surface area contributed by atoms with E-state index in [0.717, 1.165) is 31.6 Å². The highest BCUT2D eigenvalue weighted by Gasteiger charge is 2.23.